The van der Waals surface area contributed by atoms with Crippen LogP contribution in [0.15, 0.2) is 49.2 Å². The maximum Gasteiger partial charge on any atom is 0.412 e. The average molecular weight is 389 g/mol. The summed E-state index contributed by atoms with van der Waals surface area (Å²) in [6, 6.07) is 10.8. The third-order valence-corrected chi connectivity index (χ3v) is 3.97. The molecule has 0 atom stereocenters. The Hall–Kier alpha value is -2.90. The fraction of sp³-hybridized carbons (Fsp3) is 0.211. The van der Waals surface area contributed by atoms with E-state index in [-0.39, 0.29) is 19.1 Å². The molecular weight excluding hydrogens is 368 g/mol. The Bertz CT molecular complexity index is 796. The first-order chi connectivity index (χ1) is 13.0. The Morgan fingerprint density at radius 1 is 1.30 bits per heavy atom. The van der Waals surface area contributed by atoms with Crippen molar-refractivity contribution in [1.29, 1.82) is 0 Å². The number of hydrogen-bond donors (Lipinski definition) is 2. The van der Waals surface area contributed by atoms with Gasteiger partial charge in [0.1, 0.15) is 12.4 Å². The average Bonchev–Trinajstić information content (AvgIpc) is 2.66. The molecule has 2 rings (SSSR count). The summed E-state index contributed by atoms with van der Waals surface area (Å²) in [6.45, 7) is 5.65. The van der Waals surface area contributed by atoms with Crippen molar-refractivity contribution in [2.75, 3.05) is 18.5 Å². The molecule has 7 nitrogen and oxygen atoms in total. The molecule has 0 saturated carbocycles. The van der Waals surface area contributed by atoms with Crippen LogP contribution in [0.2, 0.25) is 5.02 Å². The van der Waals surface area contributed by atoms with Gasteiger partial charge >= 0.3 is 6.09 Å². The molecule has 1 aromatic heterocycles. The van der Waals surface area contributed by atoms with Gasteiger partial charge in [0.05, 0.1) is 6.54 Å². The van der Waals surface area contributed by atoms with Gasteiger partial charge in [-0.3, -0.25) is 15.1 Å². The summed E-state index contributed by atoms with van der Waals surface area (Å²) in [5.74, 6) is 0.165. The lowest BCUT2D eigenvalue weighted by atomic mass is 10.2. The summed E-state index contributed by atoms with van der Waals surface area (Å²) in [5.41, 5.74) is 4.68. The number of nitrogens with zero attached hydrogens (tertiary/aromatic N) is 2. The first-order valence-corrected chi connectivity index (χ1v) is 8.64. The number of carbonyl (C=O) groups excluding carboxylic acids is 2. The minimum absolute atomic E-state index is 0.0195. The summed E-state index contributed by atoms with van der Waals surface area (Å²) in [7, 11) is 0. The van der Waals surface area contributed by atoms with Gasteiger partial charge in [0, 0.05) is 24.7 Å². The molecule has 142 valence electrons. The minimum atomic E-state index is -0.650. The van der Waals surface area contributed by atoms with E-state index in [4.69, 9.17) is 16.3 Å². The molecule has 0 spiro atoms. The van der Waals surface area contributed by atoms with E-state index in [0.29, 0.717) is 17.4 Å². The molecule has 0 aliphatic carbocycles. The topological polar surface area (TPSA) is 83.6 Å². The molecule has 1 aromatic carbocycles. The molecule has 0 aliphatic rings. The smallest absolute Gasteiger partial charge is 0.412 e. The molecule has 0 aliphatic heterocycles. The lowest BCUT2D eigenvalue weighted by Crippen LogP contribution is -2.43. The van der Waals surface area contributed by atoms with Crippen molar-refractivity contribution in [3.05, 3.63) is 65.3 Å². The monoisotopic (exact) mass is 388 g/mol. The van der Waals surface area contributed by atoms with Crippen LogP contribution in [0.5, 0.6) is 0 Å². The highest BCUT2D eigenvalue weighted by atomic mass is 35.5. The van der Waals surface area contributed by atoms with Crippen molar-refractivity contribution < 1.29 is 14.3 Å². The van der Waals surface area contributed by atoms with Crippen LogP contribution >= 0.6 is 11.6 Å². The molecule has 8 heteroatoms. The molecule has 0 bridgehead atoms. The highest BCUT2D eigenvalue weighted by molar-refractivity contribution is 6.31. The Morgan fingerprint density at radius 3 is 2.70 bits per heavy atom. The molecule has 2 amide bonds. The van der Waals surface area contributed by atoms with Gasteiger partial charge in [-0.25, -0.2) is 15.2 Å². The quantitative estimate of drug-likeness (QED) is 0.676. The van der Waals surface area contributed by atoms with E-state index in [1.807, 2.05) is 18.2 Å². The van der Waals surface area contributed by atoms with E-state index < -0.39 is 6.09 Å². The first-order valence-electron chi connectivity index (χ1n) is 8.27. The SMILES string of the molecule is C=Cc1ccc(NC(=O)OCCN(NCc2ccccc2Cl)C(C)=O)nc1. The van der Waals surface area contributed by atoms with Gasteiger partial charge < -0.3 is 4.74 Å². The van der Waals surface area contributed by atoms with Gasteiger partial charge in [0.2, 0.25) is 5.91 Å². The third-order valence-electron chi connectivity index (χ3n) is 3.60. The Kier molecular flexibility index (Phi) is 7.79. The lowest BCUT2D eigenvalue weighted by molar-refractivity contribution is -0.132. The number of pyridine rings is 1. The van der Waals surface area contributed by atoms with Gasteiger partial charge in [-0.15, -0.1) is 0 Å². The molecular formula is C19H21ClN4O3. The molecule has 0 saturated heterocycles. The zero-order valence-electron chi connectivity index (χ0n) is 14.9. The largest absolute Gasteiger partial charge is 0.447 e. The Balaban J connectivity index is 1.77. The lowest BCUT2D eigenvalue weighted by Gasteiger charge is -2.22. The number of amides is 2. The molecule has 2 N–H and O–H groups in total. The van der Waals surface area contributed by atoms with Crippen LogP contribution in [-0.2, 0) is 16.1 Å². The summed E-state index contributed by atoms with van der Waals surface area (Å²) < 4.78 is 5.09. The zero-order chi connectivity index (χ0) is 19.6. The van der Waals surface area contributed by atoms with Crippen molar-refractivity contribution in [2.24, 2.45) is 0 Å². The summed E-state index contributed by atoms with van der Waals surface area (Å²) >= 11 is 6.10. The highest BCUT2D eigenvalue weighted by Crippen LogP contribution is 2.14. The van der Waals surface area contributed by atoms with E-state index in [2.05, 4.69) is 22.3 Å². The highest BCUT2D eigenvalue weighted by Gasteiger charge is 2.11. The standard InChI is InChI=1S/C19H21ClN4O3/c1-3-15-8-9-18(21-12-15)23-19(26)27-11-10-24(14(2)25)22-13-16-6-4-5-7-17(16)20/h3-9,12,22H,1,10-11,13H2,2H3,(H,21,23,26). The number of aromatic nitrogens is 1. The van der Waals surface area contributed by atoms with Gasteiger partial charge in [-0.2, -0.15) is 0 Å². The molecule has 1 heterocycles. The maximum absolute atomic E-state index is 11.8. The van der Waals surface area contributed by atoms with Gasteiger partial charge in [0.25, 0.3) is 0 Å². The van der Waals surface area contributed by atoms with Crippen LogP contribution in [0.4, 0.5) is 10.6 Å². The zero-order valence-corrected chi connectivity index (χ0v) is 15.7. The number of ether oxygens (including phenoxy) is 1. The van der Waals surface area contributed by atoms with Crippen molar-refractivity contribution >= 4 is 35.5 Å². The normalized spacial score (nSPS) is 10.1. The van der Waals surface area contributed by atoms with Crippen LogP contribution in [0.25, 0.3) is 6.08 Å². The summed E-state index contributed by atoms with van der Waals surface area (Å²) in [5, 5.41) is 4.49. The summed E-state index contributed by atoms with van der Waals surface area (Å²) in [6.07, 6.45) is 2.59. The fourth-order valence-corrected chi connectivity index (χ4v) is 2.34. The molecule has 0 unspecified atom stereocenters. The minimum Gasteiger partial charge on any atom is -0.447 e. The van der Waals surface area contributed by atoms with Gasteiger partial charge in [0.15, 0.2) is 0 Å². The second-order valence-electron chi connectivity index (χ2n) is 5.54. The number of rotatable bonds is 8. The third kappa shape index (κ3) is 6.73. The van der Waals surface area contributed by atoms with Crippen molar-refractivity contribution in [2.45, 2.75) is 13.5 Å². The van der Waals surface area contributed by atoms with E-state index in [1.165, 1.54) is 11.9 Å². The van der Waals surface area contributed by atoms with Gasteiger partial charge in [-0.1, -0.05) is 42.5 Å². The number of hydrazine groups is 1. The summed E-state index contributed by atoms with van der Waals surface area (Å²) in [4.78, 5) is 27.6. The molecule has 27 heavy (non-hydrogen) atoms. The van der Waals surface area contributed by atoms with Crippen molar-refractivity contribution in [3.8, 4) is 0 Å². The maximum atomic E-state index is 11.8. The van der Waals surface area contributed by atoms with E-state index in [1.54, 1.807) is 30.5 Å². The first kappa shape index (κ1) is 20.4. The predicted molar refractivity (Wildman–Crippen MR) is 105 cm³/mol. The number of nitrogens with one attached hydrogen (secondary N) is 2. The van der Waals surface area contributed by atoms with Crippen LogP contribution in [0, 0.1) is 0 Å². The number of halogens is 1. The molecule has 0 fully saturated rings. The second-order valence-corrected chi connectivity index (χ2v) is 5.95. The number of hydrogen-bond acceptors (Lipinski definition) is 5. The van der Waals surface area contributed by atoms with E-state index in [9.17, 15) is 9.59 Å². The van der Waals surface area contributed by atoms with E-state index >= 15 is 0 Å². The second kappa shape index (κ2) is 10.3. The van der Waals surface area contributed by atoms with Crippen LogP contribution < -0.4 is 10.7 Å². The van der Waals surface area contributed by atoms with E-state index in [0.717, 1.165) is 11.1 Å². The molecule has 2 aromatic rings. The van der Waals surface area contributed by atoms with Crippen LogP contribution in [0.1, 0.15) is 18.1 Å². The predicted octanol–water partition coefficient (Wildman–Crippen LogP) is 3.48. The van der Waals surface area contributed by atoms with Gasteiger partial charge in [-0.05, 0) is 29.3 Å². The number of benzene rings is 1. The van der Waals surface area contributed by atoms with Crippen molar-refractivity contribution in [1.82, 2.24) is 15.4 Å². The Morgan fingerprint density at radius 2 is 2.07 bits per heavy atom. The van der Waals surface area contributed by atoms with Crippen LogP contribution in [-0.4, -0.2) is 35.1 Å². The van der Waals surface area contributed by atoms with Crippen molar-refractivity contribution in [3.63, 3.8) is 0 Å². The van der Waals surface area contributed by atoms with Crippen LogP contribution in [0.3, 0.4) is 0 Å². The Labute approximate surface area is 163 Å². The fourth-order valence-electron chi connectivity index (χ4n) is 2.14. The number of carbonyl (C=O) groups is 2. The number of anilines is 1. The molecule has 0 radical (unpaired) electrons.